The lowest BCUT2D eigenvalue weighted by Crippen LogP contribution is -2.47. The van der Waals surface area contributed by atoms with Crippen molar-refractivity contribution in [3.63, 3.8) is 0 Å². The number of nitrogen functional groups attached to an aromatic ring is 1. The largest absolute Gasteiger partial charge is 0.399 e. The van der Waals surface area contributed by atoms with Gasteiger partial charge in [-0.15, -0.1) is 0 Å². The molecule has 0 unspecified atom stereocenters. The third kappa shape index (κ3) is 2.42. The molecule has 0 aromatic heterocycles. The Bertz CT molecular complexity index is 431. The Morgan fingerprint density at radius 1 is 1.53 bits per heavy atom. The van der Waals surface area contributed by atoms with Gasteiger partial charge in [-0.05, 0) is 37.6 Å². The van der Waals surface area contributed by atoms with Crippen molar-refractivity contribution in [2.75, 3.05) is 25.5 Å². The van der Waals surface area contributed by atoms with E-state index in [0.717, 1.165) is 11.3 Å². The van der Waals surface area contributed by atoms with Crippen molar-refractivity contribution >= 4 is 11.6 Å². The predicted octanol–water partition coefficient (Wildman–Crippen LogP) is 1.44. The highest BCUT2D eigenvalue weighted by Gasteiger charge is 2.24. The molecule has 4 heteroatoms. The maximum atomic E-state index is 12.3. The van der Waals surface area contributed by atoms with Crippen LogP contribution in [0, 0.1) is 6.92 Å². The number of benzene rings is 1. The molecule has 1 aliphatic heterocycles. The zero-order valence-electron chi connectivity index (χ0n) is 10.3. The summed E-state index contributed by atoms with van der Waals surface area (Å²) in [4.78, 5) is 14.2. The van der Waals surface area contributed by atoms with Crippen molar-refractivity contribution in [3.8, 4) is 0 Å². The minimum absolute atomic E-state index is 0.0592. The van der Waals surface area contributed by atoms with Crippen LogP contribution in [0.4, 0.5) is 5.69 Å². The first-order chi connectivity index (χ1) is 8.09. The van der Waals surface area contributed by atoms with Gasteiger partial charge in [0.25, 0.3) is 5.91 Å². The van der Waals surface area contributed by atoms with Crippen LogP contribution >= 0.6 is 0 Å². The molecule has 2 N–H and O–H groups in total. The number of amides is 1. The average Bonchev–Trinajstić information content (AvgIpc) is 2.32. The lowest BCUT2D eigenvalue weighted by molar-refractivity contribution is 0.00359. The van der Waals surface area contributed by atoms with Gasteiger partial charge in [0.2, 0.25) is 0 Å². The van der Waals surface area contributed by atoms with Crippen molar-refractivity contribution in [1.29, 1.82) is 0 Å². The van der Waals surface area contributed by atoms with E-state index < -0.39 is 0 Å². The predicted molar refractivity (Wildman–Crippen MR) is 66.9 cm³/mol. The first kappa shape index (κ1) is 11.9. The number of carbonyl (C=O) groups is 1. The van der Waals surface area contributed by atoms with Gasteiger partial charge in [-0.1, -0.05) is 0 Å². The number of hydrogen-bond acceptors (Lipinski definition) is 3. The van der Waals surface area contributed by atoms with E-state index in [9.17, 15) is 4.79 Å². The zero-order valence-corrected chi connectivity index (χ0v) is 10.3. The normalized spacial score (nSPS) is 20.4. The zero-order chi connectivity index (χ0) is 12.4. The van der Waals surface area contributed by atoms with Crippen LogP contribution in [-0.2, 0) is 4.74 Å². The number of ether oxygens (including phenoxy) is 1. The highest BCUT2D eigenvalue weighted by atomic mass is 16.5. The number of nitrogens with zero attached hydrogens (tertiary/aromatic N) is 1. The summed E-state index contributed by atoms with van der Waals surface area (Å²) in [5, 5.41) is 0. The molecule has 92 valence electrons. The molecule has 0 aliphatic carbocycles. The van der Waals surface area contributed by atoms with Crippen molar-refractivity contribution in [3.05, 3.63) is 29.3 Å². The second-order valence-electron chi connectivity index (χ2n) is 4.49. The van der Waals surface area contributed by atoms with Gasteiger partial charge in [-0.25, -0.2) is 0 Å². The van der Waals surface area contributed by atoms with Crippen molar-refractivity contribution < 1.29 is 9.53 Å². The van der Waals surface area contributed by atoms with Crippen LogP contribution in [0.15, 0.2) is 18.2 Å². The molecule has 1 fully saturated rings. The van der Waals surface area contributed by atoms with Gasteiger partial charge < -0.3 is 15.4 Å². The number of carbonyl (C=O) groups excluding carboxylic acids is 1. The van der Waals surface area contributed by atoms with Gasteiger partial charge in [-0.3, -0.25) is 4.79 Å². The van der Waals surface area contributed by atoms with Crippen molar-refractivity contribution in [1.82, 2.24) is 4.90 Å². The molecule has 1 aromatic carbocycles. The highest BCUT2D eigenvalue weighted by molar-refractivity contribution is 5.95. The van der Waals surface area contributed by atoms with Crippen molar-refractivity contribution in [2.24, 2.45) is 0 Å². The number of hydrogen-bond donors (Lipinski definition) is 1. The van der Waals surface area contributed by atoms with Gasteiger partial charge in [0.15, 0.2) is 0 Å². The van der Waals surface area contributed by atoms with E-state index in [-0.39, 0.29) is 11.9 Å². The van der Waals surface area contributed by atoms with Crippen molar-refractivity contribution in [2.45, 2.75) is 19.9 Å². The third-order valence-electron chi connectivity index (χ3n) is 3.15. The van der Waals surface area contributed by atoms with Crippen LogP contribution in [0.25, 0.3) is 0 Å². The average molecular weight is 234 g/mol. The smallest absolute Gasteiger partial charge is 0.254 e. The van der Waals surface area contributed by atoms with Gasteiger partial charge in [0, 0.05) is 17.8 Å². The molecule has 0 bridgehead atoms. The molecular formula is C13H18N2O2. The molecule has 4 nitrogen and oxygen atoms in total. The van der Waals surface area contributed by atoms with E-state index in [2.05, 4.69) is 0 Å². The van der Waals surface area contributed by atoms with E-state index >= 15 is 0 Å². The lowest BCUT2D eigenvalue weighted by Gasteiger charge is -2.33. The molecule has 1 aliphatic rings. The Balaban J connectivity index is 2.21. The first-order valence-corrected chi connectivity index (χ1v) is 5.84. The van der Waals surface area contributed by atoms with Gasteiger partial charge in [-0.2, -0.15) is 0 Å². The van der Waals surface area contributed by atoms with Crippen LogP contribution in [0.5, 0.6) is 0 Å². The van der Waals surface area contributed by atoms with Crippen LogP contribution in [0.2, 0.25) is 0 Å². The molecule has 2 rings (SSSR count). The van der Waals surface area contributed by atoms with Crippen LogP contribution in [0.1, 0.15) is 22.8 Å². The summed E-state index contributed by atoms with van der Waals surface area (Å²) in [5.74, 6) is 0.0592. The minimum Gasteiger partial charge on any atom is -0.399 e. The SMILES string of the molecule is Cc1cc(C(=O)N2CCOC[C@H]2C)ccc1N. The summed E-state index contributed by atoms with van der Waals surface area (Å²) >= 11 is 0. The van der Waals surface area contributed by atoms with E-state index in [1.807, 2.05) is 24.8 Å². The second kappa shape index (κ2) is 4.75. The second-order valence-corrected chi connectivity index (χ2v) is 4.49. The number of nitrogens with two attached hydrogens (primary N) is 1. The Morgan fingerprint density at radius 3 is 2.94 bits per heavy atom. The molecule has 1 amide bonds. The Morgan fingerprint density at radius 2 is 2.29 bits per heavy atom. The molecule has 1 heterocycles. The lowest BCUT2D eigenvalue weighted by atomic mass is 10.1. The van der Waals surface area contributed by atoms with Gasteiger partial charge in [0.05, 0.1) is 19.3 Å². The number of morpholine rings is 1. The molecule has 1 saturated heterocycles. The maximum absolute atomic E-state index is 12.3. The Hall–Kier alpha value is -1.55. The summed E-state index contributed by atoms with van der Waals surface area (Å²) in [7, 11) is 0. The van der Waals surface area contributed by atoms with Crippen LogP contribution < -0.4 is 5.73 Å². The Kier molecular flexibility index (Phi) is 3.33. The fraction of sp³-hybridized carbons (Fsp3) is 0.462. The van der Waals surface area contributed by atoms with Gasteiger partial charge in [0.1, 0.15) is 0 Å². The maximum Gasteiger partial charge on any atom is 0.254 e. The number of rotatable bonds is 1. The fourth-order valence-electron chi connectivity index (χ4n) is 2.00. The number of aryl methyl sites for hydroxylation is 1. The fourth-order valence-corrected chi connectivity index (χ4v) is 2.00. The van der Waals surface area contributed by atoms with Gasteiger partial charge >= 0.3 is 0 Å². The number of anilines is 1. The summed E-state index contributed by atoms with van der Waals surface area (Å²) in [6, 6.07) is 5.55. The topological polar surface area (TPSA) is 55.6 Å². The van der Waals surface area contributed by atoms with E-state index in [4.69, 9.17) is 10.5 Å². The Labute approximate surface area is 101 Å². The standard InChI is InChI=1S/C13H18N2O2/c1-9-7-11(3-4-12(9)14)13(16)15-5-6-17-8-10(15)2/h3-4,7,10H,5-6,8,14H2,1-2H3/t10-/m1/s1. The van der Waals surface area contributed by atoms with Crippen LogP contribution in [-0.4, -0.2) is 36.6 Å². The summed E-state index contributed by atoms with van der Waals surface area (Å²) < 4.78 is 5.33. The van der Waals surface area contributed by atoms with E-state index in [1.54, 1.807) is 12.1 Å². The summed E-state index contributed by atoms with van der Waals surface area (Å²) in [6.45, 7) is 5.79. The van der Waals surface area contributed by atoms with E-state index in [0.29, 0.717) is 25.3 Å². The molecule has 1 aromatic rings. The highest BCUT2D eigenvalue weighted by Crippen LogP contribution is 2.16. The first-order valence-electron chi connectivity index (χ1n) is 5.84. The molecule has 0 spiro atoms. The quantitative estimate of drug-likeness (QED) is 0.748. The minimum atomic E-state index is 0.0592. The summed E-state index contributed by atoms with van der Waals surface area (Å²) in [6.07, 6.45) is 0. The molecular weight excluding hydrogens is 216 g/mol. The monoisotopic (exact) mass is 234 g/mol. The van der Waals surface area contributed by atoms with E-state index in [1.165, 1.54) is 0 Å². The third-order valence-corrected chi connectivity index (χ3v) is 3.15. The molecule has 17 heavy (non-hydrogen) atoms. The molecule has 1 atom stereocenters. The molecule has 0 radical (unpaired) electrons. The summed E-state index contributed by atoms with van der Waals surface area (Å²) in [5.41, 5.74) is 8.11. The van der Waals surface area contributed by atoms with Crippen LogP contribution in [0.3, 0.4) is 0 Å². The molecule has 0 saturated carbocycles.